The van der Waals surface area contributed by atoms with Gasteiger partial charge in [-0.15, -0.1) is 0 Å². The van der Waals surface area contributed by atoms with E-state index in [2.05, 4.69) is 24.4 Å². The maximum atomic E-state index is 13.1. The second-order valence-corrected chi connectivity index (χ2v) is 14.9. The van der Waals surface area contributed by atoms with Crippen LogP contribution < -0.4 is 7.86 Å². The van der Waals surface area contributed by atoms with E-state index in [0.717, 1.165) is 7.11 Å². The van der Waals surface area contributed by atoms with E-state index in [1.54, 1.807) is 0 Å². The molecule has 0 unspecified atom stereocenters. The van der Waals surface area contributed by atoms with Gasteiger partial charge >= 0.3 is 168 Å². The number of alkyl halides is 9. The number of methoxy groups -OCH3 is 1. The van der Waals surface area contributed by atoms with Gasteiger partial charge in [0, 0.05) is 0 Å². The van der Waals surface area contributed by atoms with Crippen LogP contribution in [0.3, 0.4) is 0 Å². The van der Waals surface area contributed by atoms with Crippen molar-refractivity contribution >= 4 is 32.9 Å². The summed E-state index contributed by atoms with van der Waals surface area (Å²) in [5.74, 6) is -0.752. The van der Waals surface area contributed by atoms with E-state index in [1.807, 2.05) is 0 Å². The number of carbonyl (C=O) groups is 2. The summed E-state index contributed by atoms with van der Waals surface area (Å²) in [6, 6.07) is 1.71. The van der Waals surface area contributed by atoms with E-state index in [-0.39, 0.29) is 0 Å². The van der Waals surface area contributed by atoms with Crippen LogP contribution in [-0.4, -0.2) is 55.8 Å². The van der Waals surface area contributed by atoms with Gasteiger partial charge in [-0.25, -0.2) is 0 Å². The number of hydrogen-bond donors (Lipinski definition) is 0. The van der Waals surface area contributed by atoms with Gasteiger partial charge in [-0.1, -0.05) is 0 Å². The molecular formula is C13H6F9N2O5Tl. The zero-order chi connectivity index (χ0) is 23.1. The second-order valence-electron chi connectivity index (χ2n) is 5.49. The SMILES string of the molecule is COc1cc(C2(C(F)(F)F)N=N2)cc[c]1[Tl]([C](=O)OC(F)(F)F)[C](=O)OC(F)(F)F. The van der Waals surface area contributed by atoms with Crippen LogP contribution in [0.25, 0.3) is 0 Å². The first-order valence-corrected chi connectivity index (χ1v) is 14.0. The van der Waals surface area contributed by atoms with Crippen LogP contribution in [0.15, 0.2) is 28.4 Å². The van der Waals surface area contributed by atoms with Crippen molar-refractivity contribution in [2.45, 2.75) is 24.6 Å². The molecule has 0 bridgehead atoms. The Labute approximate surface area is 167 Å². The molecule has 0 spiro atoms. The van der Waals surface area contributed by atoms with Crippen molar-refractivity contribution in [1.82, 2.24) is 0 Å². The standard InChI is InChI=1S/C9H6F3N2O.2C2F3O2.Tl/c1-15-7-4-2-3-6(5-7)8(13-14-8)9(10,11)12;2*3-2(4,5)7-1-6;/h2-3,5H,1H3;;;. The van der Waals surface area contributed by atoms with Crippen molar-refractivity contribution in [2.24, 2.45) is 10.2 Å². The molecule has 2 rings (SSSR count). The van der Waals surface area contributed by atoms with Crippen LogP contribution in [0.4, 0.5) is 49.1 Å². The summed E-state index contributed by atoms with van der Waals surface area (Å²) in [5.41, 5.74) is -3.69. The van der Waals surface area contributed by atoms with Gasteiger partial charge in [0.1, 0.15) is 0 Å². The molecule has 0 saturated carbocycles. The molecule has 0 aromatic heterocycles. The molecule has 7 nitrogen and oxygen atoms in total. The van der Waals surface area contributed by atoms with E-state index in [0.29, 0.717) is 18.2 Å². The minimum atomic E-state index is -5.82. The van der Waals surface area contributed by atoms with Crippen molar-refractivity contribution < 1.29 is 63.3 Å². The van der Waals surface area contributed by atoms with Crippen molar-refractivity contribution in [1.29, 1.82) is 0 Å². The first kappa shape index (κ1) is 24.1. The molecule has 0 atom stereocenters. The quantitative estimate of drug-likeness (QED) is 0.357. The number of hydrogen-bond acceptors (Lipinski definition) is 7. The molecule has 0 aliphatic carbocycles. The van der Waals surface area contributed by atoms with Gasteiger partial charge < -0.3 is 0 Å². The number of carbonyl (C=O) groups excluding carboxylic acids is 2. The predicted octanol–water partition coefficient (Wildman–Crippen LogP) is 4.05. The number of rotatable bonds is 5. The molecule has 0 radical (unpaired) electrons. The van der Waals surface area contributed by atoms with Crippen LogP contribution in [0.5, 0.6) is 5.75 Å². The molecular weight excluding hydrogens is 640 g/mol. The van der Waals surface area contributed by atoms with Crippen LogP contribution >= 0.6 is 0 Å². The molecule has 1 heterocycles. The van der Waals surface area contributed by atoms with Gasteiger partial charge in [0.25, 0.3) is 0 Å². The first-order chi connectivity index (χ1) is 13.5. The van der Waals surface area contributed by atoms with E-state index < -0.39 is 68.8 Å². The Bertz CT molecular complexity index is 847. The maximum absolute atomic E-state index is 13.1. The van der Waals surface area contributed by atoms with Crippen LogP contribution in [0.2, 0.25) is 0 Å². The summed E-state index contributed by atoms with van der Waals surface area (Å²) < 4.78 is 119. The fourth-order valence-corrected chi connectivity index (χ4v) is 9.99. The van der Waals surface area contributed by atoms with Crippen molar-refractivity contribution in [2.75, 3.05) is 7.11 Å². The molecule has 1 aliphatic rings. The van der Waals surface area contributed by atoms with Gasteiger partial charge in [-0.3, -0.25) is 0 Å². The number of benzene rings is 1. The number of halogens is 9. The Morgan fingerprint density at radius 1 is 0.900 bits per heavy atom. The molecule has 0 amide bonds. The molecule has 17 heteroatoms. The molecule has 1 aromatic carbocycles. The van der Waals surface area contributed by atoms with Crippen molar-refractivity contribution in [3.8, 4) is 5.75 Å². The van der Waals surface area contributed by atoms with Gasteiger partial charge in [-0.2, -0.15) is 0 Å². The summed E-state index contributed by atoms with van der Waals surface area (Å²) in [7, 11) is 0.805. The first-order valence-electron chi connectivity index (χ1n) is 7.29. The Hall–Kier alpha value is -2.15. The normalized spacial score (nSPS) is 15.4. The number of ether oxygens (including phenoxy) is 3. The van der Waals surface area contributed by atoms with Crippen LogP contribution in [0.1, 0.15) is 5.56 Å². The minimum absolute atomic E-state index is 0.553. The van der Waals surface area contributed by atoms with Crippen molar-refractivity contribution in [3.05, 3.63) is 23.8 Å². The topological polar surface area (TPSA) is 86.5 Å². The van der Waals surface area contributed by atoms with Crippen molar-refractivity contribution in [3.63, 3.8) is 0 Å². The van der Waals surface area contributed by atoms with Crippen LogP contribution in [0, 0.1) is 0 Å². The molecule has 0 fully saturated rings. The average Bonchev–Trinajstić information content (AvgIpc) is 3.33. The van der Waals surface area contributed by atoms with Crippen LogP contribution in [-0.2, 0) is 15.1 Å². The molecule has 0 saturated heterocycles. The fraction of sp³-hybridized carbons (Fsp3) is 0.385. The zero-order valence-electron chi connectivity index (χ0n) is 14.1. The monoisotopic (exact) mass is 646 g/mol. The zero-order valence-corrected chi connectivity index (χ0v) is 18.6. The summed E-state index contributed by atoms with van der Waals surface area (Å²) in [5, 5.41) is 5.75. The predicted molar refractivity (Wildman–Crippen MR) is 76.0 cm³/mol. The summed E-state index contributed by atoms with van der Waals surface area (Å²) in [6.45, 7) is 0. The molecule has 164 valence electrons. The number of nitrogens with zero attached hydrogens (tertiary/aromatic N) is 2. The second kappa shape index (κ2) is 7.84. The third-order valence-electron chi connectivity index (χ3n) is 3.55. The van der Waals surface area contributed by atoms with Gasteiger partial charge in [0.15, 0.2) is 0 Å². The third-order valence-corrected chi connectivity index (χ3v) is 12.4. The molecule has 1 aromatic rings. The average molecular weight is 646 g/mol. The van der Waals surface area contributed by atoms with E-state index in [9.17, 15) is 49.1 Å². The Kier molecular flexibility index (Phi) is 6.30. The molecule has 0 N–H and O–H groups in total. The fourth-order valence-electron chi connectivity index (χ4n) is 2.31. The summed E-state index contributed by atoms with van der Waals surface area (Å²) in [4.78, 5) is 23.6. The van der Waals surface area contributed by atoms with Gasteiger partial charge in [-0.05, 0) is 0 Å². The molecule has 30 heavy (non-hydrogen) atoms. The summed E-state index contributed by atoms with van der Waals surface area (Å²) in [6.07, 6.45) is -16.3. The van der Waals surface area contributed by atoms with E-state index in [1.165, 1.54) is 0 Å². The van der Waals surface area contributed by atoms with E-state index in [4.69, 9.17) is 0 Å². The Morgan fingerprint density at radius 3 is 1.70 bits per heavy atom. The Morgan fingerprint density at radius 2 is 1.37 bits per heavy atom. The summed E-state index contributed by atoms with van der Waals surface area (Å²) >= 11 is -5.82. The molecule has 1 aliphatic heterocycles. The van der Waals surface area contributed by atoms with E-state index >= 15 is 0 Å². The van der Waals surface area contributed by atoms with Gasteiger partial charge in [0.2, 0.25) is 0 Å². The van der Waals surface area contributed by atoms with Gasteiger partial charge in [0.05, 0.1) is 0 Å². The third kappa shape index (κ3) is 5.31. The Balaban J connectivity index is 2.52.